The molecule has 13 heavy (non-hydrogen) atoms. The van der Waals surface area contributed by atoms with E-state index in [1.54, 1.807) is 4.68 Å². The molecule has 0 aliphatic carbocycles. The van der Waals surface area contributed by atoms with Gasteiger partial charge in [0.15, 0.2) is 0 Å². The maximum Gasteiger partial charge on any atom is 0.0288 e. The van der Waals surface area contributed by atoms with Crippen LogP contribution in [0.5, 0.6) is 0 Å². The third kappa shape index (κ3) is 2.28. The van der Waals surface area contributed by atoms with E-state index in [2.05, 4.69) is 11.2 Å². The molecule has 0 spiro atoms. The zero-order valence-electron chi connectivity index (χ0n) is 7.17. The summed E-state index contributed by atoms with van der Waals surface area (Å²) < 4.78 is 1.79. The first-order valence-corrected chi connectivity index (χ1v) is 3.83. The van der Waals surface area contributed by atoms with Crippen LogP contribution in [0.3, 0.4) is 0 Å². The van der Waals surface area contributed by atoms with Crippen LogP contribution in [0.25, 0.3) is 11.3 Å². The Bertz CT molecular complexity index is 367. The van der Waals surface area contributed by atoms with E-state index in [-0.39, 0.29) is 21.1 Å². The van der Waals surface area contributed by atoms with Crippen molar-refractivity contribution in [2.45, 2.75) is 0 Å². The van der Waals surface area contributed by atoms with Gasteiger partial charge in [-0.3, -0.25) is 4.68 Å². The van der Waals surface area contributed by atoms with Gasteiger partial charge in [0.05, 0.1) is 0 Å². The second-order valence-corrected chi connectivity index (χ2v) is 2.65. The summed E-state index contributed by atoms with van der Waals surface area (Å²) in [6, 6.07) is 12.9. The van der Waals surface area contributed by atoms with Gasteiger partial charge in [0, 0.05) is 40.0 Å². The molecule has 0 saturated heterocycles. The Morgan fingerprint density at radius 3 is 2.69 bits per heavy atom. The SMILES string of the molecule is Cn1ccc(-c2[c-]cccc2)n1.[Pt]. The molecule has 0 N–H and O–H groups in total. The predicted molar refractivity (Wildman–Crippen MR) is 47.5 cm³/mol. The molecule has 0 aliphatic rings. The number of hydrogen-bond donors (Lipinski definition) is 0. The van der Waals surface area contributed by atoms with Gasteiger partial charge in [-0.25, -0.2) is 5.10 Å². The first-order chi connectivity index (χ1) is 5.86. The van der Waals surface area contributed by atoms with Gasteiger partial charge in [-0.1, -0.05) is 6.07 Å². The third-order valence-electron chi connectivity index (χ3n) is 1.70. The average Bonchev–Trinajstić information content (AvgIpc) is 2.54. The minimum atomic E-state index is 0. The normalized spacial score (nSPS) is 9.31. The summed E-state index contributed by atoms with van der Waals surface area (Å²) >= 11 is 0. The van der Waals surface area contributed by atoms with Crippen LogP contribution in [-0.4, -0.2) is 9.78 Å². The molecule has 1 aromatic carbocycles. The van der Waals surface area contributed by atoms with Crippen molar-refractivity contribution in [1.29, 1.82) is 0 Å². The number of benzene rings is 1. The molecule has 0 saturated carbocycles. The van der Waals surface area contributed by atoms with Crippen molar-refractivity contribution in [2.24, 2.45) is 7.05 Å². The van der Waals surface area contributed by atoms with Crippen molar-refractivity contribution in [3.05, 3.63) is 42.6 Å². The summed E-state index contributed by atoms with van der Waals surface area (Å²) in [5.74, 6) is 0. The molecule has 1 aromatic heterocycles. The molecule has 2 nitrogen and oxygen atoms in total. The molecular weight excluding hydrogens is 343 g/mol. The monoisotopic (exact) mass is 352 g/mol. The first-order valence-electron chi connectivity index (χ1n) is 3.83. The average molecular weight is 352 g/mol. The van der Waals surface area contributed by atoms with E-state index in [1.807, 2.05) is 43.6 Å². The minimum absolute atomic E-state index is 0. The molecule has 3 heteroatoms. The van der Waals surface area contributed by atoms with E-state index in [9.17, 15) is 0 Å². The van der Waals surface area contributed by atoms with Crippen molar-refractivity contribution < 1.29 is 21.1 Å². The summed E-state index contributed by atoms with van der Waals surface area (Å²) in [5, 5.41) is 4.27. The molecule has 1 heterocycles. The predicted octanol–water partition coefficient (Wildman–Crippen LogP) is 1.88. The molecule has 0 radical (unpaired) electrons. The van der Waals surface area contributed by atoms with Crippen LogP contribution in [-0.2, 0) is 28.1 Å². The van der Waals surface area contributed by atoms with Gasteiger partial charge in [0.1, 0.15) is 0 Å². The van der Waals surface area contributed by atoms with Crippen molar-refractivity contribution in [3.8, 4) is 11.3 Å². The summed E-state index contributed by atoms with van der Waals surface area (Å²) in [6.45, 7) is 0. The van der Waals surface area contributed by atoms with E-state index < -0.39 is 0 Å². The standard InChI is InChI=1S/C10H9N2.Pt/c1-12-8-7-10(11-12)9-5-3-2-4-6-9;/h2-5,7-8H,1H3;/q-1;. The molecule has 0 atom stereocenters. The number of aryl methyl sites for hydroxylation is 1. The smallest absolute Gasteiger partial charge is 0.0288 e. The van der Waals surface area contributed by atoms with E-state index in [0.717, 1.165) is 11.3 Å². The zero-order valence-corrected chi connectivity index (χ0v) is 9.45. The third-order valence-corrected chi connectivity index (χ3v) is 1.70. The van der Waals surface area contributed by atoms with Crippen molar-refractivity contribution in [2.75, 3.05) is 0 Å². The Balaban J connectivity index is 0.000000845. The number of hydrogen-bond acceptors (Lipinski definition) is 1. The maximum absolute atomic E-state index is 4.27. The van der Waals surface area contributed by atoms with Gasteiger partial charge in [0.2, 0.25) is 0 Å². The van der Waals surface area contributed by atoms with E-state index in [4.69, 9.17) is 0 Å². The Kier molecular flexibility index (Phi) is 3.44. The molecule has 70 valence electrons. The molecular formula is C10H9N2Pt-. The van der Waals surface area contributed by atoms with E-state index >= 15 is 0 Å². The topological polar surface area (TPSA) is 17.8 Å². The Hall–Kier alpha value is -0.882. The van der Waals surface area contributed by atoms with E-state index in [1.165, 1.54) is 0 Å². The Morgan fingerprint density at radius 2 is 2.15 bits per heavy atom. The van der Waals surface area contributed by atoms with Gasteiger partial charge < -0.3 is 0 Å². The summed E-state index contributed by atoms with van der Waals surface area (Å²) in [4.78, 5) is 0. The number of rotatable bonds is 1. The second kappa shape index (κ2) is 4.38. The second-order valence-electron chi connectivity index (χ2n) is 2.65. The van der Waals surface area contributed by atoms with Crippen molar-refractivity contribution >= 4 is 0 Å². The fraction of sp³-hybridized carbons (Fsp3) is 0.100. The molecule has 2 aromatic rings. The molecule has 0 amide bonds. The van der Waals surface area contributed by atoms with Crippen LogP contribution in [0, 0.1) is 6.07 Å². The fourth-order valence-electron chi connectivity index (χ4n) is 1.11. The Labute approximate surface area is 91.8 Å². The van der Waals surface area contributed by atoms with Gasteiger partial charge in [-0.05, 0) is 0 Å². The van der Waals surface area contributed by atoms with Gasteiger partial charge in [-0.2, -0.15) is 0 Å². The maximum atomic E-state index is 4.27. The fourth-order valence-corrected chi connectivity index (χ4v) is 1.11. The quantitative estimate of drug-likeness (QED) is 0.717. The summed E-state index contributed by atoms with van der Waals surface area (Å²) in [5.41, 5.74) is 2.01. The zero-order chi connectivity index (χ0) is 8.39. The minimum Gasteiger partial charge on any atom is -0.285 e. The number of aromatic nitrogens is 2. The van der Waals surface area contributed by atoms with Crippen LogP contribution in [0.4, 0.5) is 0 Å². The number of nitrogens with zero attached hydrogens (tertiary/aromatic N) is 2. The van der Waals surface area contributed by atoms with Crippen LogP contribution in [0.15, 0.2) is 36.5 Å². The van der Waals surface area contributed by atoms with Gasteiger partial charge >= 0.3 is 0 Å². The van der Waals surface area contributed by atoms with Gasteiger partial charge in [0.25, 0.3) is 0 Å². The van der Waals surface area contributed by atoms with Crippen molar-refractivity contribution in [1.82, 2.24) is 9.78 Å². The summed E-state index contributed by atoms with van der Waals surface area (Å²) in [6.07, 6.45) is 1.93. The Morgan fingerprint density at radius 1 is 1.31 bits per heavy atom. The first kappa shape index (κ1) is 10.2. The largest absolute Gasteiger partial charge is 0.285 e. The van der Waals surface area contributed by atoms with E-state index in [0.29, 0.717) is 0 Å². The molecule has 0 aliphatic heterocycles. The molecule has 0 bridgehead atoms. The van der Waals surface area contributed by atoms with Crippen LogP contribution in [0.1, 0.15) is 0 Å². The van der Waals surface area contributed by atoms with Gasteiger partial charge in [-0.15, -0.1) is 35.9 Å². The molecule has 2 rings (SSSR count). The molecule has 0 fully saturated rings. The summed E-state index contributed by atoms with van der Waals surface area (Å²) in [7, 11) is 1.91. The van der Waals surface area contributed by atoms with Crippen molar-refractivity contribution in [3.63, 3.8) is 0 Å². The van der Waals surface area contributed by atoms with Crippen LogP contribution in [0.2, 0.25) is 0 Å². The van der Waals surface area contributed by atoms with Crippen LogP contribution >= 0.6 is 0 Å². The molecule has 0 unspecified atom stereocenters. The van der Waals surface area contributed by atoms with Crippen LogP contribution < -0.4 is 0 Å².